The van der Waals surface area contributed by atoms with Crippen LogP contribution in [-0.4, -0.2) is 36.0 Å². The van der Waals surface area contributed by atoms with Crippen LogP contribution >= 0.6 is 0 Å². The van der Waals surface area contributed by atoms with Crippen molar-refractivity contribution in [1.82, 2.24) is 0 Å². The summed E-state index contributed by atoms with van der Waals surface area (Å²) in [7, 11) is 1.43. The second kappa shape index (κ2) is 8.15. The average molecular weight is 357 g/mol. The Labute approximate surface area is 150 Å². The summed E-state index contributed by atoms with van der Waals surface area (Å²) in [5, 5.41) is 12.4. The van der Waals surface area contributed by atoms with Gasteiger partial charge in [-0.3, -0.25) is 9.59 Å². The molecule has 0 aromatic heterocycles. The van der Waals surface area contributed by atoms with Crippen LogP contribution in [0.2, 0.25) is 0 Å². The Morgan fingerprint density at radius 2 is 1.73 bits per heavy atom. The molecule has 0 aliphatic carbocycles. The molecule has 2 N–H and O–H groups in total. The molecule has 7 nitrogen and oxygen atoms in total. The van der Waals surface area contributed by atoms with Crippen molar-refractivity contribution >= 4 is 23.3 Å². The van der Waals surface area contributed by atoms with Crippen molar-refractivity contribution in [2.24, 2.45) is 0 Å². The minimum absolute atomic E-state index is 0.0803. The first-order valence-electron chi connectivity index (χ1n) is 7.81. The predicted molar refractivity (Wildman–Crippen MR) is 94.6 cm³/mol. The zero-order valence-electron chi connectivity index (χ0n) is 14.6. The zero-order chi connectivity index (χ0) is 19.3. The second-order valence-corrected chi connectivity index (χ2v) is 5.55. The maximum Gasteiger partial charge on any atom is 0.342 e. The van der Waals surface area contributed by atoms with Gasteiger partial charge in [0.05, 0.1) is 7.11 Å². The van der Waals surface area contributed by atoms with Crippen LogP contribution in [0.15, 0.2) is 42.5 Å². The minimum Gasteiger partial charge on any atom is -0.507 e. The maximum atomic E-state index is 12.2. The topological polar surface area (TPSA) is 102 Å². The van der Waals surface area contributed by atoms with Gasteiger partial charge in [0.1, 0.15) is 17.1 Å². The molecule has 7 heteroatoms. The molecule has 136 valence electrons. The van der Waals surface area contributed by atoms with E-state index in [1.165, 1.54) is 39.2 Å². The van der Waals surface area contributed by atoms with Gasteiger partial charge in [-0.15, -0.1) is 0 Å². The van der Waals surface area contributed by atoms with Gasteiger partial charge >= 0.3 is 5.97 Å². The fourth-order valence-corrected chi connectivity index (χ4v) is 2.12. The third-order valence-electron chi connectivity index (χ3n) is 3.64. The number of amides is 1. The van der Waals surface area contributed by atoms with Crippen LogP contribution in [-0.2, 0) is 9.53 Å². The van der Waals surface area contributed by atoms with E-state index in [0.29, 0.717) is 17.0 Å². The highest BCUT2D eigenvalue weighted by molar-refractivity contribution is 5.99. The largest absolute Gasteiger partial charge is 0.507 e. The van der Waals surface area contributed by atoms with Gasteiger partial charge in [0.2, 0.25) is 0 Å². The number of phenols is 1. The second-order valence-electron chi connectivity index (χ2n) is 5.55. The van der Waals surface area contributed by atoms with E-state index in [4.69, 9.17) is 9.47 Å². The number of benzene rings is 2. The molecule has 0 bridgehead atoms. The molecule has 2 aromatic rings. The lowest BCUT2D eigenvalue weighted by atomic mass is 10.1. The highest BCUT2D eigenvalue weighted by Crippen LogP contribution is 2.24. The van der Waals surface area contributed by atoms with Crippen molar-refractivity contribution in [2.45, 2.75) is 20.0 Å². The summed E-state index contributed by atoms with van der Waals surface area (Å²) in [6.45, 7) is 2.86. The summed E-state index contributed by atoms with van der Waals surface area (Å²) in [5.74, 6) is -1.38. The number of anilines is 1. The van der Waals surface area contributed by atoms with Gasteiger partial charge in [-0.05, 0) is 56.3 Å². The van der Waals surface area contributed by atoms with Crippen LogP contribution in [0.1, 0.15) is 34.6 Å². The zero-order valence-corrected chi connectivity index (χ0v) is 14.6. The average Bonchev–Trinajstić information content (AvgIpc) is 2.62. The molecule has 0 saturated carbocycles. The highest BCUT2D eigenvalue weighted by atomic mass is 16.5. The fraction of sp³-hybridized carbons (Fsp3) is 0.211. The van der Waals surface area contributed by atoms with Crippen LogP contribution < -0.4 is 10.1 Å². The molecule has 0 unspecified atom stereocenters. The van der Waals surface area contributed by atoms with E-state index in [0.717, 1.165) is 0 Å². The van der Waals surface area contributed by atoms with E-state index >= 15 is 0 Å². The molecule has 1 atom stereocenters. The van der Waals surface area contributed by atoms with Crippen LogP contribution in [0, 0.1) is 0 Å². The SMILES string of the molecule is COc1ccc(O)c(C(=O)O[C@@H](C)C(=O)Nc2ccc(C(C)=O)cc2)c1. The van der Waals surface area contributed by atoms with Crippen molar-refractivity contribution in [3.63, 3.8) is 0 Å². The molecule has 0 aliphatic rings. The van der Waals surface area contributed by atoms with Gasteiger partial charge in [0, 0.05) is 11.3 Å². The van der Waals surface area contributed by atoms with E-state index < -0.39 is 18.0 Å². The number of Topliss-reactive ketones (excluding diaryl/α,β-unsaturated/α-hetero) is 1. The van der Waals surface area contributed by atoms with Crippen molar-refractivity contribution in [3.8, 4) is 11.5 Å². The minimum atomic E-state index is -1.10. The number of hydrogen-bond acceptors (Lipinski definition) is 6. The Morgan fingerprint density at radius 1 is 1.08 bits per heavy atom. The van der Waals surface area contributed by atoms with Gasteiger partial charge < -0.3 is 19.9 Å². The van der Waals surface area contributed by atoms with Gasteiger partial charge in [0.15, 0.2) is 11.9 Å². The number of nitrogens with one attached hydrogen (secondary N) is 1. The van der Waals surface area contributed by atoms with Gasteiger partial charge in [-0.25, -0.2) is 4.79 Å². The van der Waals surface area contributed by atoms with Crippen LogP contribution in [0.4, 0.5) is 5.69 Å². The summed E-state index contributed by atoms with van der Waals surface area (Å²) in [5.41, 5.74) is 0.887. The van der Waals surface area contributed by atoms with Crippen molar-refractivity contribution in [1.29, 1.82) is 0 Å². The number of carbonyl (C=O) groups is 3. The number of aromatic hydroxyl groups is 1. The first kappa shape index (κ1) is 19.0. The van der Waals surface area contributed by atoms with Crippen molar-refractivity contribution in [2.75, 3.05) is 12.4 Å². The number of ketones is 1. The predicted octanol–water partition coefficient (Wildman–Crippen LogP) is 2.79. The molecule has 0 heterocycles. The molecule has 2 rings (SSSR count). The Balaban J connectivity index is 2.02. The smallest absolute Gasteiger partial charge is 0.342 e. The monoisotopic (exact) mass is 357 g/mol. The molecular formula is C19H19NO6. The van der Waals surface area contributed by atoms with E-state index in [1.807, 2.05) is 0 Å². The standard InChI is InChI=1S/C19H19NO6/c1-11(21)13-4-6-14(7-5-13)20-18(23)12(2)26-19(24)16-10-15(25-3)8-9-17(16)22/h4-10,12,22H,1-3H3,(H,20,23)/t12-/m0/s1. The van der Waals surface area contributed by atoms with E-state index in [2.05, 4.69) is 5.32 Å². The Hall–Kier alpha value is -3.35. The maximum absolute atomic E-state index is 12.2. The number of hydrogen-bond donors (Lipinski definition) is 2. The molecule has 0 fully saturated rings. The Morgan fingerprint density at radius 3 is 2.31 bits per heavy atom. The van der Waals surface area contributed by atoms with E-state index in [-0.39, 0.29) is 17.1 Å². The lowest BCUT2D eigenvalue weighted by Crippen LogP contribution is -2.30. The summed E-state index contributed by atoms with van der Waals surface area (Å²) in [6.07, 6.45) is -1.10. The molecule has 0 saturated heterocycles. The third-order valence-corrected chi connectivity index (χ3v) is 3.64. The molecule has 0 radical (unpaired) electrons. The number of esters is 1. The summed E-state index contributed by atoms with van der Waals surface area (Å²) >= 11 is 0. The van der Waals surface area contributed by atoms with Crippen LogP contribution in [0.3, 0.4) is 0 Å². The molecule has 0 spiro atoms. The van der Waals surface area contributed by atoms with Crippen molar-refractivity contribution in [3.05, 3.63) is 53.6 Å². The number of carbonyl (C=O) groups excluding carboxylic acids is 3. The fourth-order valence-electron chi connectivity index (χ4n) is 2.12. The van der Waals surface area contributed by atoms with Crippen molar-refractivity contribution < 1.29 is 29.0 Å². The lowest BCUT2D eigenvalue weighted by molar-refractivity contribution is -0.123. The number of phenolic OH excluding ortho intramolecular Hbond substituents is 1. The molecule has 26 heavy (non-hydrogen) atoms. The van der Waals surface area contributed by atoms with Crippen LogP contribution in [0.5, 0.6) is 11.5 Å². The normalized spacial score (nSPS) is 11.3. The van der Waals surface area contributed by atoms with E-state index in [1.54, 1.807) is 24.3 Å². The first-order valence-corrected chi connectivity index (χ1v) is 7.81. The Bertz CT molecular complexity index is 828. The molecule has 1 amide bonds. The number of methoxy groups -OCH3 is 1. The summed E-state index contributed by atoms with van der Waals surface area (Å²) in [4.78, 5) is 35.6. The van der Waals surface area contributed by atoms with Gasteiger partial charge in [-0.2, -0.15) is 0 Å². The summed E-state index contributed by atoms with van der Waals surface area (Å²) in [6, 6.07) is 10.5. The van der Waals surface area contributed by atoms with E-state index in [9.17, 15) is 19.5 Å². The number of ether oxygens (including phenoxy) is 2. The molecule has 2 aromatic carbocycles. The molecular weight excluding hydrogens is 338 g/mol. The summed E-state index contributed by atoms with van der Waals surface area (Å²) < 4.78 is 10.1. The quantitative estimate of drug-likeness (QED) is 0.609. The number of rotatable bonds is 6. The third kappa shape index (κ3) is 4.60. The molecule has 0 aliphatic heterocycles. The Kier molecular flexibility index (Phi) is 5.95. The first-order chi connectivity index (χ1) is 12.3. The van der Waals surface area contributed by atoms with Gasteiger partial charge in [-0.1, -0.05) is 0 Å². The van der Waals surface area contributed by atoms with Crippen LogP contribution in [0.25, 0.3) is 0 Å². The lowest BCUT2D eigenvalue weighted by Gasteiger charge is -2.14. The highest BCUT2D eigenvalue weighted by Gasteiger charge is 2.21. The van der Waals surface area contributed by atoms with Gasteiger partial charge in [0.25, 0.3) is 5.91 Å².